The number of nitrogens with two attached hydrogens (primary N) is 1. The van der Waals surface area contributed by atoms with E-state index in [0.717, 1.165) is 6.07 Å². The molecular formula is C14H9FN4O. The summed E-state index contributed by atoms with van der Waals surface area (Å²) in [6.07, 6.45) is 0. The zero-order valence-corrected chi connectivity index (χ0v) is 10.2. The highest BCUT2D eigenvalue weighted by Gasteiger charge is 2.10. The first kappa shape index (κ1) is 12.0. The number of rotatable bonds is 2. The van der Waals surface area contributed by atoms with Crippen LogP contribution in [0.2, 0.25) is 0 Å². The molecule has 2 aromatic carbocycles. The van der Waals surface area contributed by atoms with E-state index < -0.39 is 5.82 Å². The van der Waals surface area contributed by atoms with E-state index in [4.69, 9.17) is 15.4 Å². The van der Waals surface area contributed by atoms with Gasteiger partial charge in [-0.25, -0.2) is 4.39 Å². The maximum Gasteiger partial charge on any atom is 0.300 e. The minimum Gasteiger partial charge on any atom is -0.423 e. The molecule has 1 heterocycles. The van der Waals surface area contributed by atoms with Gasteiger partial charge in [0.2, 0.25) is 0 Å². The Hall–Kier alpha value is -3.07. The summed E-state index contributed by atoms with van der Waals surface area (Å²) in [6.45, 7) is 0. The van der Waals surface area contributed by atoms with Gasteiger partial charge in [-0.2, -0.15) is 10.2 Å². The molecule has 98 valence electrons. The number of aromatic nitrogens is 1. The van der Waals surface area contributed by atoms with Crippen LogP contribution in [0.1, 0.15) is 5.56 Å². The number of nitrogens with one attached hydrogen (secondary N) is 1. The maximum atomic E-state index is 13.7. The average Bonchev–Trinajstić information content (AvgIpc) is 2.85. The highest BCUT2D eigenvalue weighted by molar-refractivity contribution is 5.86. The zero-order valence-electron chi connectivity index (χ0n) is 10.2. The number of nitrogens with zero attached hydrogens (tertiary/aromatic N) is 2. The molecule has 0 atom stereocenters. The molecule has 0 aliphatic rings. The lowest BCUT2D eigenvalue weighted by atomic mass is 10.2. The van der Waals surface area contributed by atoms with Crippen LogP contribution in [0.3, 0.4) is 0 Å². The van der Waals surface area contributed by atoms with Gasteiger partial charge in [0.25, 0.3) is 6.01 Å². The third-order valence-electron chi connectivity index (χ3n) is 2.79. The van der Waals surface area contributed by atoms with Crippen molar-refractivity contribution >= 4 is 28.5 Å². The van der Waals surface area contributed by atoms with Crippen molar-refractivity contribution in [1.29, 1.82) is 5.26 Å². The van der Waals surface area contributed by atoms with Gasteiger partial charge in [-0.1, -0.05) is 6.07 Å². The van der Waals surface area contributed by atoms with E-state index in [0.29, 0.717) is 16.8 Å². The topological polar surface area (TPSA) is 87.9 Å². The number of hydrogen-bond acceptors (Lipinski definition) is 5. The third-order valence-corrected chi connectivity index (χ3v) is 2.79. The molecule has 1 aromatic heterocycles. The molecule has 3 N–H and O–H groups in total. The van der Waals surface area contributed by atoms with E-state index >= 15 is 0 Å². The van der Waals surface area contributed by atoms with Crippen molar-refractivity contribution in [3.63, 3.8) is 0 Å². The zero-order chi connectivity index (χ0) is 14.1. The van der Waals surface area contributed by atoms with E-state index in [9.17, 15) is 4.39 Å². The fraction of sp³-hybridized carbons (Fsp3) is 0. The molecule has 0 aliphatic heterocycles. The SMILES string of the molecule is N#Cc1ccc(Nc2nc3c(N)cccc3o2)c(F)c1. The molecule has 0 spiro atoms. The smallest absolute Gasteiger partial charge is 0.300 e. The van der Waals surface area contributed by atoms with Crippen LogP contribution >= 0.6 is 0 Å². The van der Waals surface area contributed by atoms with Gasteiger partial charge in [0.15, 0.2) is 5.58 Å². The lowest BCUT2D eigenvalue weighted by molar-refractivity contribution is 0.611. The van der Waals surface area contributed by atoms with Crippen LogP contribution in [-0.4, -0.2) is 4.98 Å². The Morgan fingerprint density at radius 2 is 2.15 bits per heavy atom. The summed E-state index contributed by atoms with van der Waals surface area (Å²) >= 11 is 0. The van der Waals surface area contributed by atoms with Crippen LogP contribution in [0.15, 0.2) is 40.8 Å². The number of benzene rings is 2. The van der Waals surface area contributed by atoms with Gasteiger partial charge in [-0.05, 0) is 30.3 Å². The van der Waals surface area contributed by atoms with Crippen LogP contribution in [0.4, 0.5) is 21.8 Å². The second kappa shape index (κ2) is 4.55. The summed E-state index contributed by atoms with van der Waals surface area (Å²) in [5.41, 5.74) is 7.71. The van der Waals surface area contributed by atoms with Crippen molar-refractivity contribution in [1.82, 2.24) is 4.98 Å². The van der Waals surface area contributed by atoms with Crippen LogP contribution in [0.5, 0.6) is 0 Å². The lowest BCUT2D eigenvalue weighted by Gasteiger charge is -2.02. The van der Waals surface area contributed by atoms with Crippen LogP contribution in [0.25, 0.3) is 11.1 Å². The van der Waals surface area contributed by atoms with Crippen molar-refractivity contribution in [3.8, 4) is 6.07 Å². The monoisotopic (exact) mass is 268 g/mol. The summed E-state index contributed by atoms with van der Waals surface area (Å²) in [5, 5.41) is 11.4. The predicted octanol–water partition coefficient (Wildman–Crippen LogP) is 3.16. The number of nitrogen functional groups attached to an aromatic ring is 1. The van der Waals surface area contributed by atoms with Gasteiger partial charge in [-0.3, -0.25) is 0 Å². The first-order valence-electron chi connectivity index (χ1n) is 5.79. The summed E-state index contributed by atoms with van der Waals surface area (Å²) in [4.78, 5) is 4.16. The highest BCUT2D eigenvalue weighted by Crippen LogP contribution is 2.26. The maximum absolute atomic E-state index is 13.7. The van der Waals surface area contributed by atoms with E-state index in [1.54, 1.807) is 18.2 Å². The van der Waals surface area contributed by atoms with Crippen molar-refractivity contribution in [2.75, 3.05) is 11.1 Å². The molecule has 20 heavy (non-hydrogen) atoms. The average molecular weight is 268 g/mol. The summed E-state index contributed by atoms with van der Waals surface area (Å²) < 4.78 is 19.2. The molecule has 3 rings (SSSR count). The van der Waals surface area contributed by atoms with E-state index in [1.165, 1.54) is 12.1 Å². The molecule has 0 saturated heterocycles. The van der Waals surface area contributed by atoms with Gasteiger partial charge in [0.1, 0.15) is 11.3 Å². The van der Waals surface area contributed by atoms with E-state index in [2.05, 4.69) is 10.3 Å². The number of para-hydroxylation sites is 1. The number of anilines is 3. The Labute approximate surface area is 113 Å². The Balaban J connectivity index is 1.97. The van der Waals surface area contributed by atoms with Gasteiger partial charge in [0, 0.05) is 0 Å². The third kappa shape index (κ3) is 2.01. The first-order chi connectivity index (χ1) is 9.67. The Morgan fingerprint density at radius 3 is 2.85 bits per heavy atom. The van der Waals surface area contributed by atoms with E-state index in [-0.39, 0.29) is 17.3 Å². The number of halogens is 1. The molecule has 0 bridgehead atoms. The van der Waals surface area contributed by atoms with Gasteiger partial charge < -0.3 is 15.5 Å². The Bertz CT molecular complexity index is 835. The van der Waals surface area contributed by atoms with Crippen LogP contribution in [0, 0.1) is 17.1 Å². The predicted molar refractivity (Wildman–Crippen MR) is 72.8 cm³/mol. The van der Waals surface area contributed by atoms with Gasteiger partial charge in [-0.15, -0.1) is 0 Å². The fourth-order valence-electron chi connectivity index (χ4n) is 1.82. The number of oxazole rings is 1. The van der Waals surface area contributed by atoms with Crippen molar-refractivity contribution < 1.29 is 8.81 Å². The second-order valence-corrected chi connectivity index (χ2v) is 4.14. The van der Waals surface area contributed by atoms with E-state index in [1.807, 2.05) is 6.07 Å². The van der Waals surface area contributed by atoms with Crippen molar-refractivity contribution in [2.45, 2.75) is 0 Å². The molecule has 0 amide bonds. The fourth-order valence-corrected chi connectivity index (χ4v) is 1.82. The molecule has 0 saturated carbocycles. The summed E-state index contributed by atoms with van der Waals surface area (Å²) in [5.74, 6) is -0.556. The first-order valence-corrected chi connectivity index (χ1v) is 5.79. The molecule has 0 unspecified atom stereocenters. The van der Waals surface area contributed by atoms with Crippen LogP contribution in [-0.2, 0) is 0 Å². The van der Waals surface area contributed by atoms with Gasteiger partial charge >= 0.3 is 0 Å². The van der Waals surface area contributed by atoms with Crippen molar-refractivity contribution in [3.05, 3.63) is 47.8 Å². The second-order valence-electron chi connectivity index (χ2n) is 4.14. The largest absolute Gasteiger partial charge is 0.423 e. The molecule has 0 radical (unpaired) electrons. The molecule has 5 nitrogen and oxygen atoms in total. The lowest BCUT2D eigenvalue weighted by Crippen LogP contribution is -1.94. The molecule has 0 aliphatic carbocycles. The minimum atomic E-state index is -0.556. The molecule has 6 heteroatoms. The standard InChI is InChI=1S/C14H9FN4O/c15-9-6-8(7-16)4-5-11(9)18-14-19-13-10(17)2-1-3-12(13)20-14/h1-6H,17H2,(H,18,19). The number of nitriles is 1. The Kier molecular flexibility index (Phi) is 2.73. The summed E-state index contributed by atoms with van der Waals surface area (Å²) in [6, 6.07) is 11.3. The minimum absolute atomic E-state index is 0.140. The molecule has 0 fully saturated rings. The molecule has 3 aromatic rings. The number of fused-ring (bicyclic) bond motifs is 1. The van der Waals surface area contributed by atoms with Crippen LogP contribution < -0.4 is 11.1 Å². The van der Waals surface area contributed by atoms with Crippen molar-refractivity contribution in [2.24, 2.45) is 0 Å². The molecular weight excluding hydrogens is 259 g/mol. The highest BCUT2D eigenvalue weighted by atomic mass is 19.1. The Morgan fingerprint density at radius 1 is 1.30 bits per heavy atom. The van der Waals surface area contributed by atoms with Gasteiger partial charge in [0.05, 0.1) is 23.0 Å². The summed E-state index contributed by atoms with van der Waals surface area (Å²) in [7, 11) is 0. The number of hydrogen-bond donors (Lipinski definition) is 2. The quantitative estimate of drug-likeness (QED) is 0.697. The normalized spacial score (nSPS) is 10.4.